The summed E-state index contributed by atoms with van der Waals surface area (Å²) in [6, 6.07) is 6.10. The maximum Gasteiger partial charge on any atom is 0.191 e. The molecule has 5 nitrogen and oxygen atoms in total. The Bertz CT molecular complexity index is 550. The third-order valence-electron chi connectivity index (χ3n) is 3.65. The van der Waals surface area contributed by atoms with Gasteiger partial charge in [0.15, 0.2) is 5.96 Å². The molecule has 0 amide bonds. The van der Waals surface area contributed by atoms with Crippen LogP contribution in [0, 0.1) is 5.82 Å². The average molecular weight is 355 g/mol. The average Bonchev–Trinajstić information content (AvgIpc) is 2.97. The molecular weight excluding hydrogens is 329 g/mol. The summed E-state index contributed by atoms with van der Waals surface area (Å²) < 4.78 is 18.8. The summed E-state index contributed by atoms with van der Waals surface area (Å²) >= 11 is 1.76. The van der Waals surface area contributed by atoms with Crippen molar-refractivity contribution in [2.75, 3.05) is 31.1 Å². The van der Waals surface area contributed by atoms with E-state index in [9.17, 15) is 9.50 Å². The maximum atomic E-state index is 13.2. The van der Waals surface area contributed by atoms with E-state index in [1.54, 1.807) is 23.9 Å². The van der Waals surface area contributed by atoms with Gasteiger partial charge in [0.25, 0.3) is 0 Å². The Balaban J connectivity index is 1.83. The van der Waals surface area contributed by atoms with Gasteiger partial charge in [0.2, 0.25) is 0 Å². The van der Waals surface area contributed by atoms with Gasteiger partial charge in [-0.05, 0) is 38.2 Å². The second-order valence-electron chi connectivity index (χ2n) is 5.99. The van der Waals surface area contributed by atoms with Crippen LogP contribution >= 0.6 is 11.8 Å². The topological polar surface area (TPSA) is 65.9 Å². The quantitative estimate of drug-likeness (QED) is 0.516. The molecule has 24 heavy (non-hydrogen) atoms. The molecular formula is C17H26FN3O2S. The molecule has 134 valence electrons. The monoisotopic (exact) mass is 355 g/mol. The molecule has 0 radical (unpaired) electrons. The van der Waals surface area contributed by atoms with Crippen LogP contribution in [0.3, 0.4) is 0 Å². The first-order valence-corrected chi connectivity index (χ1v) is 9.41. The predicted molar refractivity (Wildman–Crippen MR) is 97.4 cm³/mol. The lowest BCUT2D eigenvalue weighted by molar-refractivity contribution is 0.0778. The molecule has 1 aliphatic rings. The number of thioether (sulfide) groups is 1. The van der Waals surface area contributed by atoms with Crippen LogP contribution in [0.1, 0.15) is 20.3 Å². The SMILES string of the molecule is CCNC(=NCC1(O)CCSC1)NCC(C)Oc1cccc(F)c1. The van der Waals surface area contributed by atoms with Crippen LogP contribution in [-0.4, -0.2) is 53.9 Å². The first-order valence-electron chi connectivity index (χ1n) is 8.25. The molecule has 0 spiro atoms. The molecule has 1 aromatic carbocycles. The number of hydrogen-bond donors (Lipinski definition) is 3. The van der Waals surface area contributed by atoms with Crippen molar-refractivity contribution in [3.8, 4) is 5.75 Å². The van der Waals surface area contributed by atoms with Crippen molar-refractivity contribution in [1.29, 1.82) is 0 Å². The number of nitrogens with one attached hydrogen (secondary N) is 2. The molecule has 0 saturated carbocycles. The molecule has 0 bridgehead atoms. The van der Waals surface area contributed by atoms with E-state index in [0.29, 0.717) is 24.8 Å². The summed E-state index contributed by atoms with van der Waals surface area (Å²) in [4.78, 5) is 4.48. The Hall–Kier alpha value is -1.47. The number of nitrogens with zero attached hydrogens (tertiary/aromatic N) is 1. The largest absolute Gasteiger partial charge is 0.489 e. The Morgan fingerprint density at radius 2 is 2.33 bits per heavy atom. The van der Waals surface area contributed by atoms with Gasteiger partial charge in [-0.25, -0.2) is 4.39 Å². The molecule has 1 fully saturated rings. The van der Waals surface area contributed by atoms with Crippen LogP contribution in [0.5, 0.6) is 5.75 Å². The normalized spacial score (nSPS) is 22.2. The standard InChI is InChI=1S/C17H26FN3O2S/c1-3-19-16(21-11-17(22)7-8-24-12-17)20-10-13(2)23-15-6-4-5-14(18)9-15/h4-6,9,13,22H,3,7-8,10-12H2,1-2H3,(H2,19,20,21). The molecule has 3 N–H and O–H groups in total. The van der Waals surface area contributed by atoms with E-state index in [0.717, 1.165) is 24.5 Å². The minimum Gasteiger partial charge on any atom is -0.489 e. The molecule has 1 saturated heterocycles. The van der Waals surface area contributed by atoms with Crippen molar-refractivity contribution >= 4 is 17.7 Å². The zero-order valence-corrected chi connectivity index (χ0v) is 15.0. The highest BCUT2D eigenvalue weighted by atomic mass is 32.2. The summed E-state index contributed by atoms with van der Waals surface area (Å²) in [7, 11) is 0. The van der Waals surface area contributed by atoms with Crippen LogP contribution in [0.25, 0.3) is 0 Å². The number of aliphatic imine (C=N–C) groups is 1. The van der Waals surface area contributed by atoms with Crippen LogP contribution < -0.4 is 15.4 Å². The summed E-state index contributed by atoms with van der Waals surface area (Å²) in [5.41, 5.74) is -0.698. The Kier molecular flexibility index (Phi) is 7.17. The number of guanidine groups is 1. The zero-order valence-electron chi connectivity index (χ0n) is 14.2. The lowest BCUT2D eigenvalue weighted by Gasteiger charge is -2.21. The third-order valence-corrected chi connectivity index (χ3v) is 4.88. The Morgan fingerprint density at radius 3 is 3.00 bits per heavy atom. The molecule has 2 unspecified atom stereocenters. The molecule has 0 aliphatic carbocycles. The van der Waals surface area contributed by atoms with Gasteiger partial charge in [0.05, 0.1) is 18.7 Å². The van der Waals surface area contributed by atoms with E-state index >= 15 is 0 Å². The highest BCUT2D eigenvalue weighted by Gasteiger charge is 2.31. The Morgan fingerprint density at radius 1 is 1.50 bits per heavy atom. The summed E-state index contributed by atoms with van der Waals surface area (Å²) in [6.45, 7) is 5.54. The van der Waals surface area contributed by atoms with Crippen molar-refractivity contribution in [2.45, 2.75) is 32.0 Å². The fourth-order valence-corrected chi connectivity index (χ4v) is 3.63. The number of halogens is 1. The second-order valence-corrected chi connectivity index (χ2v) is 7.09. The predicted octanol–water partition coefficient (Wildman–Crippen LogP) is 2.02. The van der Waals surface area contributed by atoms with Crippen molar-refractivity contribution < 1.29 is 14.2 Å². The van der Waals surface area contributed by atoms with E-state index in [4.69, 9.17) is 4.74 Å². The first kappa shape index (κ1) is 18.9. The molecule has 7 heteroatoms. The minimum atomic E-state index is -0.698. The van der Waals surface area contributed by atoms with Crippen molar-refractivity contribution in [3.05, 3.63) is 30.1 Å². The van der Waals surface area contributed by atoms with Crippen molar-refractivity contribution in [2.24, 2.45) is 4.99 Å². The highest BCUT2D eigenvalue weighted by molar-refractivity contribution is 7.99. The molecule has 1 heterocycles. The number of hydrogen-bond acceptors (Lipinski definition) is 4. The van der Waals surface area contributed by atoms with Gasteiger partial charge in [-0.15, -0.1) is 0 Å². The van der Waals surface area contributed by atoms with Crippen LogP contribution in [0.2, 0.25) is 0 Å². The summed E-state index contributed by atoms with van der Waals surface area (Å²) in [5, 5.41) is 16.7. The fraction of sp³-hybridized carbons (Fsp3) is 0.588. The second kappa shape index (κ2) is 9.13. The zero-order chi connectivity index (χ0) is 17.4. The smallest absolute Gasteiger partial charge is 0.191 e. The lowest BCUT2D eigenvalue weighted by atomic mass is 10.1. The number of rotatable bonds is 7. The van der Waals surface area contributed by atoms with Crippen LogP contribution in [0.15, 0.2) is 29.3 Å². The van der Waals surface area contributed by atoms with E-state index in [-0.39, 0.29) is 11.9 Å². The van der Waals surface area contributed by atoms with E-state index in [2.05, 4.69) is 15.6 Å². The van der Waals surface area contributed by atoms with E-state index in [1.165, 1.54) is 12.1 Å². The lowest BCUT2D eigenvalue weighted by Crippen LogP contribution is -2.43. The van der Waals surface area contributed by atoms with Crippen molar-refractivity contribution in [1.82, 2.24) is 10.6 Å². The third kappa shape index (κ3) is 6.20. The van der Waals surface area contributed by atoms with Gasteiger partial charge in [0, 0.05) is 18.4 Å². The minimum absolute atomic E-state index is 0.152. The summed E-state index contributed by atoms with van der Waals surface area (Å²) in [6.07, 6.45) is 0.625. The van der Waals surface area contributed by atoms with Crippen LogP contribution in [-0.2, 0) is 0 Å². The number of benzene rings is 1. The number of aliphatic hydroxyl groups is 1. The maximum absolute atomic E-state index is 13.2. The van der Waals surface area contributed by atoms with Gasteiger partial charge in [-0.1, -0.05) is 6.07 Å². The molecule has 2 rings (SSSR count). The van der Waals surface area contributed by atoms with Gasteiger partial charge in [-0.3, -0.25) is 4.99 Å². The van der Waals surface area contributed by atoms with Gasteiger partial charge in [0.1, 0.15) is 17.7 Å². The van der Waals surface area contributed by atoms with E-state index < -0.39 is 5.60 Å². The first-order chi connectivity index (χ1) is 11.5. The summed E-state index contributed by atoms with van der Waals surface area (Å²) in [5.74, 6) is 2.55. The van der Waals surface area contributed by atoms with E-state index in [1.807, 2.05) is 13.8 Å². The number of ether oxygens (including phenoxy) is 1. The molecule has 1 aliphatic heterocycles. The van der Waals surface area contributed by atoms with Gasteiger partial charge < -0.3 is 20.5 Å². The molecule has 0 aromatic heterocycles. The molecule has 1 aromatic rings. The van der Waals surface area contributed by atoms with Gasteiger partial charge in [-0.2, -0.15) is 11.8 Å². The van der Waals surface area contributed by atoms with Crippen LogP contribution in [0.4, 0.5) is 4.39 Å². The molecule has 2 atom stereocenters. The fourth-order valence-electron chi connectivity index (χ4n) is 2.34. The van der Waals surface area contributed by atoms with Crippen molar-refractivity contribution in [3.63, 3.8) is 0 Å². The Labute approximate surface area is 147 Å². The highest BCUT2D eigenvalue weighted by Crippen LogP contribution is 2.27. The van der Waals surface area contributed by atoms with Gasteiger partial charge >= 0.3 is 0 Å².